The van der Waals surface area contributed by atoms with E-state index in [1.807, 2.05) is 30.3 Å². The number of nitrogens with one attached hydrogen (secondary N) is 2. The Bertz CT molecular complexity index is 975. The van der Waals surface area contributed by atoms with Crippen molar-refractivity contribution in [1.82, 2.24) is 10.6 Å². The minimum Gasteiger partial charge on any atom is -0.483 e. The highest BCUT2D eigenvalue weighted by Crippen LogP contribution is 2.31. The summed E-state index contributed by atoms with van der Waals surface area (Å²) in [5, 5.41) is 7.24. The van der Waals surface area contributed by atoms with E-state index in [0.29, 0.717) is 41.6 Å². The van der Waals surface area contributed by atoms with Crippen LogP contribution in [0.15, 0.2) is 54.3 Å². The second-order valence-corrected chi connectivity index (χ2v) is 8.46. The van der Waals surface area contributed by atoms with Gasteiger partial charge in [0.15, 0.2) is 5.76 Å². The van der Waals surface area contributed by atoms with Gasteiger partial charge in [0.1, 0.15) is 6.10 Å². The number of hydrogen-bond donors (Lipinski definition) is 2. The molecule has 156 valence electrons. The maximum absolute atomic E-state index is 12.6. The SMILES string of the molecule is O=C1NC2CC(C(=O)NCc3ccccc3Cl)CCC2O/C1=C\c1ccc(Cl)cc1. The molecule has 4 rings (SSSR count). The van der Waals surface area contributed by atoms with Crippen LogP contribution in [0.2, 0.25) is 10.0 Å². The van der Waals surface area contributed by atoms with Crippen LogP contribution in [0.25, 0.3) is 6.08 Å². The third-order valence-corrected chi connectivity index (χ3v) is 6.18. The van der Waals surface area contributed by atoms with Gasteiger partial charge in [0.25, 0.3) is 5.91 Å². The Morgan fingerprint density at radius 1 is 1.13 bits per heavy atom. The second-order valence-electron chi connectivity index (χ2n) is 7.62. The molecule has 0 spiro atoms. The molecule has 3 unspecified atom stereocenters. The number of benzene rings is 2. The van der Waals surface area contributed by atoms with E-state index in [1.165, 1.54) is 0 Å². The molecule has 2 aromatic rings. The monoisotopic (exact) mass is 444 g/mol. The zero-order valence-corrected chi connectivity index (χ0v) is 17.7. The van der Waals surface area contributed by atoms with Gasteiger partial charge >= 0.3 is 0 Å². The third kappa shape index (κ3) is 4.79. The number of fused-ring (bicyclic) bond motifs is 1. The fraction of sp³-hybridized carbons (Fsp3) is 0.304. The molecule has 0 radical (unpaired) electrons. The molecule has 0 bridgehead atoms. The lowest BCUT2D eigenvalue weighted by atomic mass is 9.82. The molecule has 5 nitrogen and oxygen atoms in total. The van der Waals surface area contributed by atoms with Crippen molar-refractivity contribution in [2.75, 3.05) is 0 Å². The van der Waals surface area contributed by atoms with Crippen LogP contribution >= 0.6 is 23.2 Å². The summed E-state index contributed by atoms with van der Waals surface area (Å²) in [4.78, 5) is 25.1. The molecule has 0 aromatic heterocycles. The van der Waals surface area contributed by atoms with Crippen LogP contribution in [0, 0.1) is 5.92 Å². The fourth-order valence-electron chi connectivity index (χ4n) is 3.91. The quantitative estimate of drug-likeness (QED) is 0.689. The van der Waals surface area contributed by atoms with E-state index in [1.54, 1.807) is 24.3 Å². The van der Waals surface area contributed by atoms with E-state index < -0.39 is 0 Å². The predicted octanol–water partition coefficient (Wildman–Crippen LogP) is 4.33. The molecule has 2 N–H and O–H groups in total. The molecular formula is C23H22Cl2N2O3. The van der Waals surface area contributed by atoms with Crippen molar-refractivity contribution in [3.05, 3.63) is 75.5 Å². The fourth-order valence-corrected chi connectivity index (χ4v) is 4.24. The molecule has 3 atom stereocenters. The summed E-state index contributed by atoms with van der Waals surface area (Å²) in [6.45, 7) is 0.389. The van der Waals surface area contributed by atoms with Gasteiger partial charge in [0, 0.05) is 22.5 Å². The number of amides is 2. The second kappa shape index (κ2) is 9.11. The summed E-state index contributed by atoms with van der Waals surface area (Å²) in [5.74, 6) is -0.159. The number of morpholine rings is 1. The standard InChI is InChI=1S/C23H22Cl2N2O3/c24-17-8-5-14(6-9-17)11-21-23(29)27-19-12-15(7-10-20(19)30-21)22(28)26-13-16-3-1-2-4-18(16)25/h1-6,8-9,11,15,19-20H,7,10,12-13H2,(H,26,28)(H,27,29)/b21-11-. The largest absolute Gasteiger partial charge is 0.483 e. The van der Waals surface area contributed by atoms with Gasteiger partial charge in [-0.25, -0.2) is 0 Å². The van der Waals surface area contributed by atoms with E-state index in [4.69, 9.17) is 27.9 Å². The van der Waals surface area contributed by atoms with Crippen molar-refractivity contribution in [1.29, 1.82) is 0 Å². The van der Waals surface area contributed by atoms with Crippen LogP contribution in [0.4, 0.5) is 0 Å². The number of hydrogen-bond acceptors (Lipinski definition) is 3. The Hall–Kier alpha value is -2.50. The first-order valence-corrected chi connectivity index (χ1v) is 10.7. The zero-order chi connectivity index (χ0) is 21.1. The minimum atomic E-state index is -0.261. The molecule has 2 aliphatic rings. The van der Waals surface area contributed by atoms with Gasteiger partial charge in [-0.2, -0.15) is 0 Å². The lowest BCUT2D eigenvalue weighted by Gasteiger charge is -2.39. The average Bonchev–Trinajstić information content (AvgIpc) is 2.74. The molecular weight excluding hydrogens is 423 g/mol. The Morgan fingerprint density at radius 2 is 1.90 bits per heavy atom. The Labute approximate surface area is 185 Å². The Kier molecular flexibility index (Phi) is 6.30. The van der Waals surface area contributed by atoms with Gasteiger partial charge in [-0.15, -0.1) is 0 Å². The lowest BCUT2D eigenvalue weighted by Crippen LogP contribution is -2.54. The van der Waals surface area contributed by atoms with E-state index in [2.05, 4.69) is 10.6 Å². The summed E-state index contributed by atoms with van der Waals surface area (Å²) in [7, 11) is 0. The summed E-state index contributed by atoms with van der Waals surface area (Å²) < 4.78 is 5.98. The molecule has 1 aliphatic carbocycles. The number of carbonyl (C=O) groups excluding carboxylic acids is 2. The van der Waals surface area contributed by atoms with Crippen LogP contribution < -0.4 is 10.6 Å². The topological polar surface area (TPSA) is 67.4 Å². The molecule has 1 saturated carbocycles. The van der Waals surface area contributed by atoms with E-state index in [0.717, 1.165) is 11.1 Å². The van der Waals surface area contributed by atoms with Gasteiger partial charge in [-0.1, -0.05) is 53.5 Å². The first-order chi connectivity index (χ1) is 14.5. The van der Waals surface area contributed by atoms with Crippen molar-refractivity contribution in [2.45, 2.75) is 38.0 Å². The molecule has 2 fully saturated rings. The molecule has 1 aliphatic heterocycles. The average molecular weight is 445 g/mol. The van der Waals surface area contributed by atoms with Crippen LogP contribution in [-0.4, -0.2) is 24.0 Å². The summed E-state index contributed by atoms with van der Waals surface area (Å²) in [6.07, 6.45) is 3.55. The summed E-state index contributed by atoms with van der Waals surface area (Å²) in [6, 6.07) is 14.5. The van der Waals surface area contributed by atoms with Crippen molar-refractivity contribution in [3.8, 4) is 0 Å². The Balaban J connectivity index is 1.35. The smallest absolute Gasteiger partial charge is 0.286 e. The summed E-state index contributed by atoms with van der Waals surface area (Å²) in [5.41, 5.74) is 1.73. The number of halogens is 2. The number of rotatable bonds is 4. The lowest BCUT2D eigenvalue weighted by molar-refractivity contribution is -0.134. The highest BCUT2D eigenvalue weighted by molar-refractivity contribution is 6.31. The molecule has 1 saturated heterocycles. The van der Waals surface area contributed by atoms with Crippen LogP contribution in [0.1, 0.15) is 30.4 Å². The van der Waals surface area contributed by atoms with Crippen molar-refractivity contribution in [2.24, 2.45) is 5.92 Å². The third-order valence-electron chi connectivity index (χ3n) is 5.55. The highest BCUT2D eigenvalue weighted by atomic mass is 35.5. The van der Waals surface area contributed by atoms with Crippen molar-refractivity contribution >= 4 is 41.1 Å². The van der Waals surface area contributed by atoms with E-state index >= 15 is 0 Å². The van der Waals surface area contributed by atoms with Gasteiger partial charge in [-0.05, 0) is 54.7 Å². The van der Waals surface area contributed by atoms with Crippen LogP contribution in [0.3, 0.4) is 0 Å². The summed E-state index contributed by atoms with van der Waals surface area (Å²) >= 11 is 12.1. The van der Waals surface area contributed by atoms with Crippen molar-refractivity contribution < 1.29 is 14.3 Å². The van der Waals surface area contributed by atoms with Crippen LogP contribution in [0.5, 0.6) is 0 Å². The molecule has 2 aromatic carbocycles. The Morgan fingerprint density at radius 3 is 2.67 bits per heavy atom. The van der Waals surface area contributed by atoms with E-state index in [9.17, 15) is 9.59 Å². The minimum absolute atomic E-state index is 0.0230. The zero-order valence-electron chi connectivity index (χ0n) is 16.2. The van der Waals surface area contributed by atoms with E-state index in [-0.39, 0.29) is 29.9 Å². The predicted molar refractivity (Wildman–Crippen MR) is 117 cm³/mol. The molecule has 1 heterocycles. The first-order valence-electron chi connectivity index (χ1n) is 9.95. The van der Waals surface area contributed by atoms with Gasteiger partial charge in [-0.3, -0.25) is 9.59 Å². The molecule has 30 heavy (non-hydrogen) atoms. The van der Waals surface area contributed by atoms with Gasteiger partial charge in [0.2, 0.25) is 5.91 Å². The maximum atomic E-state index is 12.6. The molecule has 2 amide bonds. The molecule has 7 heteroatoms. The number of ether oxygens (including phenoxy) is 1. The highest BCUT2D eigenvalue weighted by Gasteiger charge is 2.40. The van der Waals surface area contributed by atoms with Gasteiger partial charge in [0.05, 0.1) is 6.04 Å². The van der Waals surface area contributed by atoms with Gasteiger partial charge < -0.3 is 15.4 Å². The maximum Gasteiger partial charge on any atom is 0.286 e. The van der Waals surface area contributed by atoms with Crippen LogP contribution in [-0.2, 0) is 20.9 Å². The normalized spacial score (nSPS) is 24.5. The number of carbonyl (C=O) groups is 2. The first kappa shape index (κ1) is 20.8. The van der Waals surface area contributed by atoms with Crippen molar-refractivity contribution in [3.63, 3.8) is 0 Å².